The topological polar surface area (TPSA) is 29.1 Å². The van der Waals surface area contributed by atoms with E-state index in [-0.39, 0.29) is 17.7 Å². The number of carbonyl (C=O) groups is 1. The molecule has 1 amide bonds. The van der Waals surface area contributed by atoms with Gasteiger partial charge in [0.1, 0.15) is 0 Å². The molecule has 1 aliphatic carbocycles. The minimum atomic E-state index is 0.208. The lowest BCUT2D eigenvalue weighted by atomic mass is 9.91. The Balaban J connectivity index is 1.75. The fourth-order valence-electron chi connectivity index (χ4n) is 2.82. The zero-order valence-electron chi connectivity index (χ0n) is 12.3. The second kappa shape index (κ2) is 6.13. The summed E-state index contributed by atoms with van der Waals surface area (Å²) in [5.41, 5.74) is 2.49. The first-order chi connectivity index (χ1) is 10.3. The van der Waals surface area contributed by atoms with Gasteiger partial charge >= 0.3 is 0 Å². The van der Waals surface area contributed by atoms with E-state index in [1.165, 1.54) is 11.1 Å². The summed E-state index contributed by atoms with van der Waals surface area (Å²) in [4.78, 5) is 12.1. The molecule has 2 nitrogen and oxygen atoms in total. The fraction of sp³-hybridized carbons (Fsp3) is 0.316. The molecule has 108 valence electrons. The van der Waals surface area contributed by atoms with Crippen molar-refractivity contribution in [3.8, 4) is 0 Å². The van der Waals surface area contributed by atoms with Crippen LogP contribution in [0.4, 0.5) is 0 Å². The summed E-state index contributed by atoms with van der Waals surface area (Å²) in [6, 6.07) is 20.8. The minimum Gasteiger partial charge on any atom is -0.355 e. The standard InChI is InChI=1S/C19H21NO/c1-14-12-17(14)19(21)20-13-18(15-8-4-2-5-9-15)16-10-6-3-7-11-16/h2-11,14,17-18H,12-13H2,1H3,(H,20,21). The highest BCUT2D eigenvalue weighted by atomic mass is 16.2. The van der Waals surface area contributed by atoms with Gasteiger partial charge in [0, 0.05) is 18.4 Å². The molecule has 0 radical (unpaired) electrons. The van der Waals surface area contributed by atoms with E-state index in [0.717, 1.165) is 6.42 Å². The maximum Gasteiger partial charge on any atom is 0.223 e. The summed E-state index contributed by atoms with van der Waals surface area (Å²) in [6.45, 7) is 2.80. The Bertz CT molecular complexity index is 554. The van der Waals surface area contributed by atoms with Crippen LogP contribution in [0.15, 0.2) is 60.7 Å². The first kappa shape index (κ1) is 13.9. The molecule has 0 spiro atoms. The number of rotatable bonds is 5. The van der Waals surface area contributed by atoms with E-state index >= 15 is 0 Å². The lowest BCUT2D eigenvalue weighted by Gasteiger charge is -2.19. The average molecular weight is 279 g/mol. The Hall–Kier alpha value is -2.09. The van der Waals surface area contributed by atoms with E-state index in [2.05, 4.69) is 60.8 Å². The highest BCUT2D eigenvalue weighted by Crippen LogP contribution is 2.37. The summed E-state index contributed by atoms with van der Waals surface area (Å²) in [5, 5.41) is 3.13. The van der Waals surface area contributed by atoms with Gasteiger partial charge in [-0.3, -0.25) is 4.79 Å². The zero-order chi connectivity index (χ0) is 14.7. The highest BCUT2D eigenvalue weighted by Gasteiger charge is 2.39. The Morgan fingerprint density at radius 1 is 1.05 bits per heavy atom. The van der Waals surface area contributed by atoms with Crippen LogP contribution in [-0.4, -0.2) is 12.5 Å². The van der Waals surface area contributed by atoms with Crippen LogP contribution in [-0.2, 0) is 4.79 Å². The van der Waals surface area contributed by atoms with E-state index in [9.17, 15) is 4.79 Å². The van der Waals surface area contributed by atoms with Crippen LogP contribution in [0.2, 0.25) is 0 Å². The second-order valence-electron chi connectivity index (χ2n) is 5.94. The summed E-state index contributed by atoms with van der Waals surface area (Å²) in [6.07, 6.45) is 1.03. The van der Waals surface area contributed by atoms with Crippen LogP contribution in [0.1, 0.15) is 30.4 Å². The molecule has 0 bridgehead atoms. The number of amides is 1. The molecule has 2 atom stereocenters. The van der Waals surface area contributed by atoms with Gasteiger partial charge in [-0.05, 0) is 23.5 Å². The lowest BCUT2D eigenvalue weighted by Crippen LogP contribution is -2.30. The molecular weight excluding hydrogens is 258 g/mol. The second-order valence-corrected chi connectivity index (χ2v) is 5.94. The smallest absolute Gasteiger partial charge is 0.223 e. The molecule has 0 aliphatic heterocycles. The van der Waals surface area contributed by atoms with Crippen LogP contribution in [0, 0.1) is 11.8 Å². The lowest BCUT2D eigenvalue weighted by molar-refractivity contribution is -0.122. The van der Waals surface area contributed by atoms with Gasteiger partial charge in [0.05, 0.1) is 0 Å². The van der Waals surface area contributed by atoms with E-state index in [4.69, 9.17) is 0 Å². The minimum absolute atomic E-state index is 0.208. The quantitative estimate of drug-likeness (QED) is 0.890. The number of nitrogens with one attached hydrogen (secondary N) is 1. The normalized spacial score (nSPS) is 20.3. The van der Waals surface area contributed by atoms with E-state index in [1.54, 1.807) is 0 Å². The molecule has 2 aromatic carbocycles. The maximum atomic E-state index is 12.1. The summed E-state index contributed by atoms with van der Waals surface area (Å²) in [7, 11) is 0. The van der Waals surface area contributed by atoms with Crippen LogP contribution >= 0.6 is 0 Å². The zero-order valence-corrected chi connectivity index (χ0v) is 12.3. The number of hydrogen-bond acceptors (Lipinski definition) is 1. The molecule has 1 N–H and O–H groups in total. The SMILES string of the molecule is CC1CC1C(=O)NCC(c1ccccc1)c1ccccc1. The maximum absolute atomic E-state index is 12.1. The third-order valence-corrected chi connectivity index (χ3v) is 4.33. The van der Waals surface area contributed by atoms with Crippen LogP contribution in [0.5, 0.6) is 0 Å². The van der Waals surface area contributed by atoms with Crippen molar-refractivity contribution in [2.75, 3.05) is 6.54 Å². The van der Waals surface area contributed by atoms with Crippen molar-refractivity contribution in [2.24, 2.45) is 11.8 Å². The van der Waals surface area contributed by atoms with Crippen molar-refractivity contribution in [3.05, 3.63) is 71.8 Å². The molecule has 0 saturated heterocycles. The molecule has 0 aromatic heterocycles. The summed E-state index contributed by atoms with van der Waals surface area (Å²) < 4.78 is 0. The Kier molecular flexibility index (Phi) is 4.05. The largest absolute Gasteiger partial charge is 0.355 e. The third-order valence-electron chi connectivity index (χ3n) is 4.33. The Labute approximate surface area is 126 Å². The average Bonchev–Trinajstić information content (AvgIpc) is 3.26. The van der Waals surface area contributed by atoms with Gasteiger partial charge in [-0.25, -0.2) is 0 Å². The molecule has 21 heavy (non-hydrogen) atoms. The fourth-order valence-corrected chi connectivity index (χ4v) is 2.82. The highest BCUT2D eigenvalue weighted by molar-refractivity contribution is 5.81. The van der Waals surface area contributed by atoms with Gasteiger partial charge in [-0.15, -0.1) is 0 Å². The molecule has 2 aromatic rings. The van der Waals surface area contributed by atoms with Gasteiger partial charge in [0.15, 0.2) is 0 Å². The molecule has 2 unspecified atom stereocenters. The number of carbonyl (C=O) groups excluding carboxylic acids is 1. The van der Waals surface area contributed by atoms with Crippen LogP contribution < -0.4 is 5.32 Å². The first-order valence-corrected chi connectivity index (χ1v) is 7.63. The van der Waals surface area contributed by atoms with Crippen molar-refractivity contribution < 1.29 is 4.79 Å². The Morgan fingerprint density at radius 3 is 1.95 bits per heavy atom. The Morgan fingerprint density at radius 2 is 1.52 bits per heavy atom. The van der Waals surface area contributed by atoms with E-state index in [0.29, 0.717) is 12.5 Å². The number of hydrogen-bond donors (Lipinski definition) is 1. The van der Waals surface area contributed by atoms with Gasteiger partial charge in [0.25, 0.3) is 0 Å². The van der Waals surface area contributed by atoms with Crippen molar-refractivity contribution in [1.29, 1.82) is 0 Å². The van der Waals surface area contributed by atoms with Crippen molar-refractivity contribution in [3.63, 3.8) is 0 Å². The molecule has 1 saturated carbocycles. The number of benzene rings is 2. The van der Waals surface area contributed by atoms with Gasteiger partial charge in [-0.2, -0.15) is 0 Å². The van der Waals surface area contributed by atoms with Gasteiger partial charge < -0.3 is 5.32 Å². The molecule has 1 fully saturated rings. The summed E-state index contributed by atoms with van der Waals surface area (Å²) >= 11 is 0. The summed E-state index contributed by atoms with van der Waals surface area (Å²) in [5.74, 6) is 1.21. The first-order valence-electron chi connectivity index (χ1n) is 7.63. The molecule has 2 heteroatoms. The third kappa shape index (κ3) is 3.33. The van der Waals surface area contributed by atoms with Gasteiger partial charge in [-0.1, -0.05) is 67.6 Å². The predicted octanol–water partition coefficient (Wildman–Crippen LogP) is 3.59. The van der Waals surface area contributed by atoms with Crippen LogP contribution in [0.25, 0.3) is 0 Å². The molecule has 3 rings (SSSR count). The molecule has 0 heterocycles. The molecule has 1 aliphatic rings. The van der Waals surface area contributed by atoms with Crippen LogP contribution in [0.3, 0.4) is 0 Å². The van der Waals surface area contributed by atoms with Gasteiger partial charge in [0.2, 0.25) is 5.91 Å². The van der Waals surface area contributed by atoms with Crippen molar-refractivity contribution in [1.82, 2.24) is 5.32 Å². The van der Waals surface area contributed by atoms with E-state index in [1.807, 2.05) is 12.1 Å². The monoisotopic (exact) mass is 279 g/mol. The van der Waals surface area contributed by atoms with Crippen molar-refractivity contribution >= 4 is 5.91 Å². The molecular formula is C19H21NO. The van der Waals surface area contributed by atoms with E-state index < -0.39 is 0 Å². The van der Waals surface area contributed by atoms with Crippen molar-refractivity contribution in [2.45, 2.75) is 19.3 Å². The predicted molar refractivity (Wildman–Crippen MR) is 85.0 cm³/mol.